The number of fused-ring (bicyclic) bond motifs is 1. The van der Waals surface area contributed by atoms with Gasteiger partial charge in [-0.2, -0.15) is 0 Å². The Morgan fingerprint density at radius 1 is 1.03 bits per heavy atom. The van der Waals surface area contributed by atoms with Crippen LogP contribution < -0.4 is 40.0 Å². The number of amides is 3. The average molecular weight is 461 g/mol. The van der Waals surface area contributed by atoms with Crippen LogP contribution in [0.2, 0.25) is 0 Å². The number of hydrogen-bond acceptors (Lipinski definition) is 6. The third-order valence-corrected chi connectivity index (χ3v) is 4.69. The van der Waals surface area contributed by atoms with Crippen molar-refractivity contribution in [1.29, 1.82) is 0 Å². The Bertz CT molecular complexity index is 1230. The van der Waals surface area contributed by atoms with Crippen LogP contribution in [0.15, 0.2) is 36.5 Å². The fourth-order valence-electron chi connectivity index (χ4n) is 3.04. The molecule has 2 heterocycles. The van der Waals surface area contributed by atoms with E-state index in [1.165, 1.54) is 62.4 Å². The Hall–Kier alpha value is -3.08. The zero-order valence-corrected chi connectivity index (χ0v) is 21.0. The summed E-state index contributed by atoms with van der Waals surface area (Å²) < 4.78 is 13.7. The number of rotatable bonds is 5. The van der Waals surface area contributed by atoms with E-state index in [9.17, 15) is 23.9 Å². The third-order valence-electron chi connectivity index (χ3n) is 4.69. The number of carbonyl (C=O) groups excluding carboxylic acids is 3. The van der Waals surface area contributed by atoms with Gasteiger partial charge >= 0.3 is 29.6 Å². The Kier molecular flexibility index (Phi) is 8.48. The first-order valence-corrected chi connectivity index (χ1v) is 9.57. The van der Waals surface area contributed by atoms with Crippen LogP contribution in [0.3, 0.4) is 0 Å². The van der Waals surface area contributed by atoms with Crippen LogP contribution in [0.5, 0.6) is 5.75 Å². The summed E-state index contributed by atoms with van der Waals surface area (Å²) in [7, 11) is 6.09. The first kappa shape index (κ1) is 26.2. The minimum Gasteiger partial charge on any atom is -0.869 e. The van der Waals surface area contributed by atoms with Crippen molar-refractivity contribution in [3.8, 4) is 5.75 Å². The monoisotopic (exact) mass is 461 g/mol. The van der Waals surface area contributed by atoms with Gasteiger partial charge in [0.2, 0.25) is 0 Å². The summed E-state index contributed by atoms with van der Waals surface area (Å²) in [6.45, 7) is -0.160. The molecule has 11 heteroatoms. The van der Waals surface area contributed by atoms with E-state index in [2.05, 4.69) is 15.3 Å². The average Bonchev–Trinajstić information content (AvgIpc) is 2.77. The molecule has 2 aromatic heterocycles. The van der Waals surface area contributed by atoms with Gasteiger partial charge in [-0.15, -0.1) is 0 Å². The minimum atomic E-state index is -0.845. The molecule has 0 aliphatic heterocycles. The standard InChI is InChI=1S/C22H22FN5O4.Na/c1-27(2)21(31)15-10-13(23)8-7-12(15)11-25-20(30)18-19(29)16-14(6-5-9-24-16)17(26-18)22(32)28(3)4;/h5-10,29H,11H2,1-4H3,(H,25,30);/q;+1/p-1. The van der Waals surface area contributed by atoms with E-state index in [1.807, 2.05) is 0 Å². The Balaban J connectivity index is 0.00000385. The first-order valence-electron chi connectivity index (χ1n) is 9.57. The van der Waals surface area contributed by atoms with Gasteiger partial charge in [-0.1, -0.05) is 6.07 Å². The van der Waals surface area contributed by atoms with E-state index in [4.69, 9.17) is 0 Å². The second-order valence-corrected chi connectivity index (χ2v) is 7.42. The van der Waals surface area contributed by atoms with Gasteiger partial charge in [0, 0.05) is 51.9 Å². The van der Waals surface area contributed by atoms with E-state index < -0.39 is 35.0 Å². The molecular formula is C22H21FN5NaO4. The summed E-state index contributed by atoms with van der Waals surface area (Å²) in [5.41, 5.74) is -0.191. The van der Waals surface area contributed by atoms with Crippen molar-refractivity contribution in [2.45, 2.75) is 6.54 Å². The quantitative estimate of drug-likeness (QED) is 0.447. The molecule has 0 spiro atoms. The van der Waals surface area contributed by atoms with E-state index in [-0.39, 0.29) is 58.3 Å². The topological polar surface area (TPSA) is 119 Å². The minimum absolute atomic E-state index is 0. The number of pyridine rings is 2. The molecule has 1 N–H and O–H groups in total. The van der Waals surface area contributed by atoms with Crippen LogP contribution in [-0.4, -0.2) is 65.7 Å². The van der Waals surface area contributed by atoms with Gasteiger partial charge in [0.1, 0.15) is 17.2 Å². The van der Waals surface area contributed by atoms with Gasteiger partial charge in [0.25, 0.3) is 17.7 Å². The van der Waals surface area contributed by atoms with Crippen LogP contribution in [0, 0.1) is 5.82 Å². The molecule has 0 bridgehead atoms. The summed E-state index contributed by atoms with van der Waals surface area (Å²) in [5.74, 6) is -3.10. The molecule has 0 aliphatic rings. The maximum absolute atomic E-state index is 13.7. The maximum atomic E-state index is 13.7. The van der Waals surface area contributed by atoms with E-state index in [0.717, 1.165) is 6.07 Å². The van der Waals surface area contributed by atoms with E-state index in [0.29, 0.717) is 5.56 Å². The SMILES string of the molecule is CN(C)C(=O)c1cc(F)ccc1CNC(=O)c1nc(C(=O)N(C)C)c2cccnc2c1[O-].[Na+]. The fourth-order valence-corrected chi connectivity index (χ4v) is 3.04. The Morgan fingerprint density at radius 2 is 1.70 bits per heavy atom. The van der Waals surface area contributed by atoms with Crippen LogP contribution in [-0.2, 0) is 6.54 Å². The molecule has 33 heavy (non-hydrogen) atoms. The van der Waals surface area contributed by atoms with Gasteiger partial charge in [-0.25, -0.2) is 9.37 Å². The molecule has 0 atom stereocenters. The molecule has 1 aromatic carbocycles. The molecule has 0 fully saturated rings. The van der Waals surface area contributed by atoms with Gasteiger partial charge < -0.3 is 20.2 Å². The Labute approximate surface area is 211 Å². The molecular weight excluding hydrogens is 440 g/mol. The molecule has 0 aliphatic carbocycles. The van der Waals surface area contributed by atoms with Crippen molar-refractivity contribution in [2.24, 2.45) is 0 Å². The van der Waals surface area contributed by atoms with Crippen molar-refractivity contribution >= 4 is 28.6 Å². The number of nitrogens with one attached hydrogen (secondary N) is 1. The largest absolute Gasteiger partial charge is 1.00 e. The number of carbonyl (C=O) groups is 3. The molecule has 9 nitrogen and oxygen atoms in total. The molecule has 0 saturated heterocycles. The van der Waals surface area contributed by atoms with Gasteiger partial charge in [-0.05, 0) is 35.6 Å². The van der Waals surface area contributed by atoms with E-state index in [1.54, 1.807) is 6.07 Å². The van der Waals surface area contributed by atoms with Gasteiger partial charge in [-0.3, -0.25) is 19.4 Å². The Morgan fingerprint density at radius 3 is 2.33 bits per heavy atom. The zero-order chi connectivity index (χ0) is 23.6. The second-order valence-electron chi connectivity index (χ2n) is 7.42. The van der Waals surface area contributed by atoms with Crippen molar-refractivity contribution in [3.63, 3.8) is 0 Å². The number of benzene rings is 1. The maximum Gasteiger partial charge on any atom is 1.00 e. The van der Waals surface area contributed by atoms with Crippen molar-refractivity contribution in [2.75, 3.05) is 28.2 Å². The molecule has 0 unspecified atom stereocenters. The fraction of sp³-hybridized carbons (Fsp3) is 0.227. The summed E-state index contributed by atoms with van der Waals surface area (Å²) in [5, 5.41) is 15.6. The number of halogens is 1. The van der Waals surface area contributed by atoms with Crippen molar-refractivity contribution in [1.82, 2.24) is 25.1 Å². The van der Waals surface area contributed by atoms with Crippen molar-refractivity contribution < 1.29 is 53.4 Å². The van der Waals surface area contributed by atoms with Crippen molar-refractivity contribution in [3.05, 3.63) is 64.9 Å². The summed E-state index contributed by atoms with van der Waals surface area (Å²) in [6, 6.07) is 6.72. The van der Waals surface area contributed by atoms with Crippen LogP contribution in [0.1, 0.15) is 36.9 Å². The van der Waals surface area contributed by atoms with Crippen LogP contribution >= 0.6 is 0 Å². The summed E-state index contributed by atoms with van der Waals surface area (Å²) in [4.78, 5) is 48.3. The molecule has 3 aromatic rings. The smallest absolute Gasteiger partial charge is 0.869 e. The molecule has 3 amide bonds. The number of nitrogens with zero attached hydrogens (tertiary/aromatic N) is 4. The first-order chi connectivity index (χ1) is 15.1. The molecule has 0 saturated carbocycles. The second kappa shape index (κ2) is 10.7. The summed E-state index contributed by atoms with van der Waals surface area (Å²) in [6.07, 6.45) is 1.38. The van der Waals surface area contributed by atoms with Crippen LogP contribution in [0.4, 0.5) is 4.39 Å². The molecule has 166 valence electrons. The van der Waals surface area contributed by atoms with Gasteiger partial charge in [0.15, 0.2) is 0 Å². The normalized spacial score (nSPS) is 10.3. The molecule has 3 rings (SSSR count). The van der Waals surface area contributed by atoms with Gasteiger partial charge in [0.05, 0.1) is 5.52 Å². The molecule has 0 radical (unpaired) electrons. The van der Waals surface area contributed by atoms with E-state index >= 15 is 0 Å². The van der Waals surface area contributed by atoms with Crippen LogP contribution in [0.25, 0.3) is 10.9 Å². The predicted molar refractivity (Wildman–Crippen MR) is 113 cm³/mol. The summed E-state index contributed by atoms with van der Waals surface area (Å²) >= 11 is 0. The number of hydrogen-bond donors (Lipinski definition) is 1. The zero-order valence-electron chi connectivity index (χ0n) is 19.0. The predicted octanol–water partition coefficient (Wildman–Crippen LogP) is -1.82. The number of aromatic nitrogens is 2. The third kappa shape index (κ3) is 5.47.